The molecule has 1 aromatic rings. The van der Waals surface area contributed by atoms with Crippen LogP contribution >= 0.6 is 11.6 Å². The molecule has 0 amide bonds. The highest BCUT2D eigenvalue weighted by molar-refractivity contribution is 7.91. The van der Waals surface area contributed by atoms with Gasteiger partial charge >= 0.3 is 0 Å². The van der Waals surface area contributed by atoms with E-state index in [4.69, 9.17) is 11.6 Å². The minimum atomic E-state index is -3.38. The standard InChI is InChI=1S/C10H10ClFO3S/c1-16(14,15)6-7(13)5-8-9(11)3-2-4-10(8)12/h2-4H,5-6H2,1H3. The van der Waals surface area contributed by atoms with Crippen LogP contribution in [-0.4, -0.2) is 26.2 Å². The van der Waals surface area contributed by atoms with E-state index in [-0.39, 0.29) is 17.0 Å². The SMILES string of the molecule is CS(=O)(=O)CC(=O)Cc1c(F)cccc1Cl. The molecule has 0 fully saturated rings. The van der Waals surface area contributed by atoms with Gasteiger partial charge < -0.3 is 0 Å². The fourth-order valence-corrected chi connectivity index (χ4v) is 2.16. The molecule has 0 aliphatic heterocycles. The first-order valence-corrected chi connectivity index (χ1v) is 6.86. The van der Waals surface area contributed by atoms with Gasteiger partial charge in [-0.2, -0.15) is 0 Å². The minimum Gasteiger partial charge on any atom is -0.298 e. The van der Waals surface area contributed by atoms with Crippen LogP contribution in [0.4, 0.5) is 4.39 Å². The Hall–Kier alpha value is -0.940. The number of ketones is 1. The third-order valence-corrected chi connectivity index (χ3v) is 3.06. The van der Waals surface area contributed by atoms with E-state index in [0.717, 1.165) is 6.26 Å². The summed E-state index contributed by atoms with van der Waals surface area (Å²) in [6, 6.07) is 4.05. The molecule has 6 heteroatoms. The van der Waals surface area contributed by atoms with Crippen molar-refractivity contribution in [3.63, 3.8) is 0 Å². The zero-order valence-corrected chi connectivity index (χ0v) is 10.1. The van der Waals surface area contributed by atoms with E-state index in [1.807, 2.05) is 0 Å². The molecule has 1 aromatic carbocycles. The predicted octanol–water partition coefficient (Wildman–Crippen LogP) is 1.64. The molecule has 0 radical (unpaired) electrons. The molecule has 0 atom stereocenters. The number of Topliss-reactive ketones (excluding diaryl/α,β-unsaturated/α-hetero) is 1. The van der Waals surface area contributed by atoms with Crippen molar-refractivity contribution in [1.82, 2.24) is 0 Å². The Kier molecular flexibility index (Phi) is 4.04. The Morgan fingerprint density at radius 1 is 1.44 bits per heavy atom. The Morgan fingerprint density at radius 3 is 2.56 bits per heavy atom. The number of rotatable bonds is 4. The highest BCUT2D eigenvalue weighted by Gasteiger charge is 2.15. The molecule has 3 nitrogen and oxygen atoms in total. The summed E-state index contributed by atoms with van der Waals surface area (Å²) in [5.41, 5.74) is 0.0396. The lowest BCUT2D eigenvalue weighted by atomic mass is 10.1. The number of hydrogen-bond acceptors (Lipinski definition) is 3. The normalized spacial score (nSPS) is 11.4. The largest absolute Gasteiger partial charge is 0.298 e. The summed E-state index contributed by atoms with van der Waals surface area (Å²) < 4.78 is 35.0. The molecule has 1 rings (SSSR count). The highest BCUT2D eigenvalue weighted by atomic mass is 35.5. The van der Waals surface area contributed by atoms with Crippen molar-refractivity contribution in [2.75, 3.05) is 12.0 Å². The van der Waals surface area contributed by atoms with Gasteiger partial charge in [-0.3, -0.25) is 4.79 Å². The van der Waals surface area contributed by atoms with Crippen LogP contribution < -0.4 is 0 Å². The van der Waals surface area contributed by atoms with Crippen LogP contribution in [0.1, 0.15) is 5.56 Å². The molecule has 0 saturated carbocycles. The van der Waals surface area contributed by atoms with Gasteiger partial charge in [-0.25, -0.2) is 12.8 Å². The maximum atomic E-state index is 13.3. The van der Waals surface area contributed by atoms with Crippen molar-refractivity contribution < 1.29 is 17.6 Å². The lowest BCUT2D eigenvalue weighted by Crippen LogP contribution is -2.17. The fourth-order valence-electron chi connectivity index (χ4n) is 1.24. The first kappa shape index (κ1) is 13.1. The van der Waals surface area contributed by atoms with E-state index in [1.165, 1.54) is 18.2 Å². The molecule has 88 valence electrons. The van der Waals surface area contributed by atoms with Crippen molar-refractivity contribution >= 4 is 27.2 Å². The summed E-state index contributed by atoms with van der Waals surface area (Å²) in [5.74, 6) is -1.78. The van der Waals surface area contributed by atoms with Crippen molar-refractivity contribution in [1.29, 1.82) is 0 Å². The van der Waals surface area contributed by atoms with Gasteiger partial charge in [0.05, 0.1) is 0 Å². The van der Waals surface area contributed by atoms with Crippen molar-refractivity contribution in [2.45, 2.75) is 6.42 Å². The van der Waals surface area contributed by atoms with Crippen LogP contribution in [0.3, 0.4) is 0 Å². The molecule has 0 saturated heterocycles. The summed E-state index contributed by atoms with van der Waals surface area (Å²) in [6.07, 6.45) is 0.645. The van der Waals surface area contributed by atoms with Gasteiger partial charge in [0.2, 0.25) is 0 Å². The molecular formula is C10H10ClFO3S. The van der Waals surface area contributed by atoms with Gasteiger partial charge in [-0.15, -0.1) is 0 Å². The summed E-state index contributed by atoms with van der Waals surface area (Å²) in [5, 5.41) is 0.127. The number of benzene rings is 1. The third kappa shape index (κ3) is 3.90. The summed E-state index contributed by atoms with van der Waals surface area (Å²) in [6.45, 7) is 0. The smallest absolute Gasteiger partial charge is 0.154 e. The molecule has 0 N–H and O–H groups in total. The number of halogens is 2. The highest BCUT2D eigenvalue weighted by Crippen LogP contribution is 2.19. The van der Waals surface area contributed by atoms with Crippen LogP contribution in [0, 0.1) is 5.82 Å². The number of carbonyl (C=O) groups is 1. The molecule has 16 heavy (non-hydrogen) atoms. The zero-order valence-electron chi connectivity index (χ0n) is 8.54. The lowest BCUT2D eigenvalue weighted by molar-refractivity contribution is -0.116. The Balaban J connectivity index is 2.86. The van der Waals surface area contributed by atoms with E-state index in [9.17, 15) is 17.6 Å². The Labute approximate surface area is 98.1 Å². The van der Waals surface area contributed by atoms with Crippen molar-refractivity contribution in [3.05, 3.63) is 34.6 Å². The van der Waals surface area contributed by atoms with E-state index < -0.39 is 27.2 Å². The Morgan fingerprint density at radius 2 is 2.06 bits per heavy atom. The third-order valence-electron chi connectivity index (χ3n) is 1.86. The van der Waals surface area contributed by atoms with E-state index in [2.05, 4.69) is 0 Å². The molecule has 0 bridgehead atoms. The average Bonchev–Trinajstić information content (AvgIpc) is 2.08. The molecule has 0 spiro atoms. The maximum Gasteiger partial charge on any atom is 0.154 e. The monoisotopic (exact) mass is 264 g/mol. The molecule has 0 aliphatic carbocycles. The van der Waals surface area contributed by atoms with E-state index >= 15 is 0 Å². The topological polar surface area (TPSA) is 51.2 Å². The van der Waals surface area contributed by atoms with Crippen molar-refractivity contribution in [2.24, 2.45) is 0 Å². The first-order valence-electron chi connectivity index (χ1n) is 4.42. The second-order valence-corrected chi connectivity index (χ2v) is 6.03. The second-order valence-electron chi connectivity index (χ2n) is 3.49. The summed E-state index contributed by atoms with van der Waals surface area (Å²) >= 11 is 5.70. The van der Waals surface area contributed by atoms with Crippen LogP contribution in [-0.2, 0) is 21.1 Å². The molecular weight excluding hydrogens is 255 g/mol. The predicted molar refractivity (Wildman–Crippen MR) is 59.8 cm³/mol. The van der Waals surface area contributed by atoms with E-state index in [1.54, 1.807) is 0 Å². The molecule has 0 aromatic heterocycles. The summed E-state index contributed by atoms with van der Waals surface area (Å²) in [7, 11) is -3.38. The molecule has 0 aliphatic rings. The number of carbonyl (C=O) groups excluding carboxylic acids is 1. The van der Waals surface area contributed by atoms with E-state index in [0.29, 0.717) is 0 Å². The minimum absolute atomic E-state index is 0.0396. The molecule has 0 unspecified atom stereocenters. The second kappa shape index (κ2) is 4.93. The number of sulfone groups is 1. The fraction of sp³-hybridized carbons (Fsp3) is 0.300. The van der Waals surface area contributed by atoms with Gasteiger partial charge in [0.1, 0.15) is 11.6 Å². The zero-order chi connectivity index (χ0) is 12.3. The average molecular weight is 265 g/mol. The Bertz CT molecular complexity index is 491. The number of hydrogen-bond donors (Lipinski definition) is 0. The quantitative estimate of drug-likeness (QED) is 0.831. The van der Waals surface area contributed by atoms with Crippen molar-refractivity contribution in [3.8, 4) is 0 Å². The van der Waals surface area contributed by atoms with Crippen LogP contribution in [0.5, 0.6) is 0 Å². The first-order chi connectivity index (χ1) is 7.29. The van der Waals surface area contributed by atoms with Crippen LogP contribution in [0.2, 0.25) is 5.02 Å². The van der Waals surface area contributed by atoms with Crippen LogP contribution in [0.15, 0.2) is 18.2 Å². The summed E-state index contributed by atoms with van der Waals surface area (Å²) in [4.78, 5) is 11.3. The van der Waals surface area contributed by atoms with Crippen LogP contribution in [0.25, 0.3) is 0 Å². The maximum absolute atomic E-state index is 13.3. The van der Waals surface area contributed by atoms with Gasteiger partial charge in [0, 0.05) is 23.3 Å². The van der Waals surface area contributed by atoms with Gasteiger partial charge in [-0.1, -0.05) is 17.7 Å². The van der Waals surface area contributed by atoms with Gasteiger partial charge in [-0.05, 0) is 12.1 Å². The lowest BCUT2D eigenvalue weighted by Gasteiger charge is -2.04. The van der Waals surface area contributed by atoms with Gasteiger partial charge in [0.25, 0.3) is 0 Å². The molecule has 0 heterocycles. The van der Waals surface area contributed by atoms with Gasteiger partial charge in [0.15, 0.2) is 15.6 Å².